The number of carboxylic acids is 1. The molecular formula is C11H19N3O2S. The van der Waals surface area contributed by atoms with E-state index in [0.717, 1.165) is 23.7 Å². The van der Waals surface area contributed by atoms with E-state index in [0.29, 0.717) is 6.54 Å². The maximum absolute atomic E-state index is 10.8. The molecule has 0 amide bonds. The number of aryl methyl sites for hydroxylation is 1. The SMILES string of the molecule is Cc1ncsc1CN(CCN(C)C)CC(=O)O. The van der Waals surface area contributed by atoms with Gasteiger partial charge in [-0.25, -0.2) is 4.98 Å². The molecule has 0 spiro atoms. The molecule has 1 aromatic heterocycles. The topological polar surface area (TPSA) is 56.7 Å². The van der Waals surface area contributed by atoms with Crippen molar-refractivity contribution >= 4 is 17.3 Å². The summed E-state index contributed by atoms with van der Waals surface area (Å²) in [5.41, 5.74) is 2.80. The van der Waals surface area contributed by atoms with Gasteiger partial charge in [0.2, 0.25) is 0 Å². The zero-order valence-electron chi connectivity index (χ0n) is 10.5. The number of likely N-dealkylation sites (N-methyl/N-ethyl adjacent to an activating group) is 1. The molecule has 0 saturated heterocycles. The van der Waals surface area contributed by atoms with Crippen LogP contribution in [0, 0.1) is 6.92 Å². The Balaban J connectivity index is 2.57. The lowest BCUT2D eigenvalue weighted by Gasteiger charge is -2.21. The number of thiazole rings is 1. The Morgan fingerprint density at radius 2 is 2.18 bits per heavy atom. The van der Waals surface area contributed by atoms with Gasteiger partial charge in [-0.3, -0.25) is 9.69 Å². The number of carboxylic acid groups (broad SMARTS) is 1. The van der Waals surface area contributed by atoms with Gasteiger partial charge in [0.25, 0.3) is 0 Å². The Hall–Kier alpha value is -0.980. The van der Waals surface area contributed by atoms with Crippen LogP contribution in [0.5, 0.6) is 0 Å². The van der Waals surface area contributed by atoms with Crippen LogP contribution in [0.25, 0.3) is 0 Å². The van der Waals surface area contributed by atoms with Crippen LogP contribution in [0.15, 0.2) is 5.51 Å². The smallest absolute Gasteiger partial charge is 0.317 e. The lowest BCUT2D eigenvalue weighted by molar-refractivity contribution is -0.138. The molecule has 0 fully saturated rings. The third-order valence-corrected chi connectivity index (χ3v) is 3.35. The largest absolute Gasteiger partial charge is 0.480 e. The monoisotopic (exact) mass is 257 g/mol. The molecular weight excluding hydrogens is 238 g/mol. The molecule has 0 saturated carbocycles. The van der Waals surface area contributed by atoms with Gasteiger partial charge in [-0.05, 0) is 21.0 Å². The molecule has 0 aliphatic heterocycles. The van der Waals surface area contributed by atoms with Crippen molar-refractivity contribution in [3.05, 3.63) is 16.1 Å². The quantitative estimate of drug-likeness (QED) is 0.786. The first-order chi connectivity index (χ1) is 7.99. The van der Waals surface area contributed by atoms with E-state index in [1.54, 1.807) is 16.8 Å². The van der Waals surface area contributed by atoms with Crippen molar-refractivity contribution in [1.82, 2.24) is 14.8 Å². The first-order valence-corrected chi connectivity index (χ1v) is 6.35. The second kappa shape index (κ2) is 6.68. The van der Waals surface area contributed by atoms with Crippen LogP contribution in [-0.4, -0.2) is 59.6 Å². The number of rotatable bonds is 7. The van der Waals surface area contributed by atoms with Gasteiger partial charge in [0.1, 0.15) is 0 Å². The molecule has 0 aliphatic carbocycles. The fourth-order valence-electron chi connectivity index (χ4n) is 1.43. The summed E-state index contributed by atoms with van der Waals surface area (Å²) >= 11 is 1.58. The summed E-state index contributed by atoms with van der Waals surface area (Å²) in [6, 6.07) is 0. The van der Waals surface area contributed by atoms with Crippen molar-refractivity contribution < 1.29 is 9.90 Å². The Morgan fingerprint density at radius 1 is 1.47 bits per heavy atom. The molecule has 0 atom stereocenters. The Morgan fingerprint density at radius 3 is 2.65 bits per heavy atom. The number of hydrogen-bond acceptors (Lipinski definition) is 5. The molecule has 0 bridgehead atoms. The highest BCUT2D eigenvalue weighted by Crippen LogP contribution is 2.14. The Labute approximate surface area is 106 Å². The third kappa shape index (κ3) is 5.25. The minimum Gasteiger partial charge on any atom is -0.480 e. The van der Waals surface area contributed by atoms with Gasteiger partial charge in [0.05, 0.1) is 17.7 Å². The minimum atomic E-state index is -0.786. The van der Waals surface area contributed by atoms with Crippen LogP contribution in [0.4, 0.5) is 0 Å². The molecule has 0 aromatic carbocycles. The number of hydrogen-bond donors (Lipinski definition) is 1. The molecule has 1 heterocycles. The van der Waals surface area contributed by atoms with Gasteiger partial charge in [0, 0.05) is 24.5 Å². The van der Waals surface area contributed by atoms with Crippen LogP contribution >= 0.6 is 11.3 Å². The normalized spacial score (nSPS) is 11.4. The van der Waals surface area contributed by atoms with Gasteiger partial charge < -0.3 is 10.0 Å². The summed E-state index contributed by atoms with van der Waals surface area (Å²) in [5, 5.41) is 8.88. The first-order valence-electron chi connectivity index (χ1n) is 5.47. The second-order valence-corrected chi connectivity index (χ2v) is 5.21. The molecule has 96 valence electrons. The van der Waals surface area contributed by atoms with E-state index in [2.05, 4.69) is 4.98 Å². The molecule has 0 unspecified atom stereocenters. The van der Waals surface area contributed by atoms with Gasteiger partial charge in [0.15, 0.2) is 0 Å². The van der Waals surface area contributed by atoms with Crippen molar-refractivity contribution in [2.24, 2.45) is 0 Å². The Kier molecular flexibility index (Phi) is 5.54. The average molecular weight is 257 g/mol. The van der Waals surface area contributed by atoms with E-state index in [4.69, 9.17) is 5.11 Å². The van der Waals surface area contributed by atoms with Gasteiger partial charge in [-0.1, -0.05) is 0 Å². The fraction of sp³-hybridized carbons (Fsp3) is 0.636. The van der Waals surface area contributed by atoms with Gasteiger partial charge >= 0.3 is 5.97 Å². The summed E-state index contributed by atoms with van der Waals surface area (Å²) in [6.45, 7) is 4.29. The maximum Gasteiger partial charge on any atom is 0.317 e. The van der Waals surface area contributed by atoms with E-state index >= 15 is 0 Å². The summed E-state index contributed by atoms with van der Waals surface area (Å²) in [6.07, 6.45) is 0. The summed E-state index contributed by atoms with van der Waals surface area (Å²) in [7, 11) is 3.97. The zero-order chi connectivity index (χ0) is 12.8. The van der Waals surface area contributed by atoms with Crippen LogP contribution in [0.2, 0.25) is 0 Å². The molecule has 0 radical (unpaired) electrons. The van der Waals surface area contributed by atoms with E-state index in [9.17, 15) is 4.79 Å². The number of aliphatic carboxylic acids is 1. The molecule has 0 aliphatic rings. The van der Waals surface area contributed by atoms with Gasteiger partial charge in [-0.2, -0.15) is 0 Å². The summed E-state index contributed by atoms with van der Waals surface area (Å²) in [5.74, 6) is -0.786. The number of nitrogens with zero attached hydrogens (tertiary/aromatic N) is 3. The predicted molar refractivity (Wildman–Crippen MR) is 68.3 cm³/mol. The van der Waals surface area contributed by atoms with Crippen molar-refractivity contribution in [2.45, 2.75) is 13.5 Å². The minimum absolute atomic E-state index is 0.0746. The number of aromatic nitrogens is 1. The van der Waals surface area contributed by atoms with Crippen molar-refractivity contribution in [2.75, 3.05) is 33.7 Å². The van der Waals surface area contributed by atoms with E-state index in [-0.39, 0.29) is 6.54 Å². The molecule has 1 N–H and O–H groups in total. The molecule has 1 rings (SSSR count). The summed E-state index contributed by atoms with van der Waals surface area (Å²) < 4.78 is 0. The highest BCUT2D eigenvalue weighted by atomic mass is 32.1. The second-order valence-electron chi connectivity index (χ2n) is 4.27. The van der Waals surface area contributed by atoms with E-state index < -0.39 is 5.97 Å². The van der Waals surface area contributed by atoms with Crippen molar-refractivity contribution in [3.63, 3.8) is 0 Å². The lowest BCUT2D eigenvalue weighted by atomic mass is 10.3. The molecule has 6 heteroatoms. The maximum atomic E-state index is 10.8. The van der Waals surface area contributed by atoms with E-state index in [1.807, 2.05) is 30.8 Å². The highest BCUT2D eigenvalue weighted by molar-refractivity contribution is 7.09. The molecule has 5 nitrogen and oxygen atoms in total. The fourth-order valence-corrected chi connectivity index (χ4v) is 2.25. The number of carbonyl (C=O) groups is 1. The van der Waals surface area contributed by atoms with Crippen LogP contribution in [0.3, 0.4) is 0 Å². The van der Waals surface area contributed by atoms with Crippen LogP contribution < -0.4 is 0 Å². The lowest BCUT2D eigenvalue weighted by Crippen LogP contribution is -2.35. The predicted octanol–water partition coefficient (Wildman–Crippen LogP) is 0.900. The third-order valence-electron chi connectivity index (χ3n) is 2.43. The zero-order valence-corrected chi connectivity index (χ0v) is 11.3. The van der Waals surface area contributed by atoms with Crippen molar-refractivity contribution in [1.29, 1.82) is 0 Å². The van der Waals surface area contributed by atoms with Crippen LogP contribution in [-0.2, 0) is 11.3 Å². The van der Waals surface area contributed by atoms with Crippen LogP contribution in [0.1, 0.15) is 10.6 Å². The molecule has 1 aromatic rings. The summed E-state index contributed by atoms with van der Waals surface area (Å²) in [4.78, 5) is 20.1. The van der Waals surface area contributed by atoms with E-state index in [1.165, 1.54) is 0 Å². The average Bonchev–Trinajstić information content (AvgIpc) is 2.60. The molecule has 17 heavy (non-hydrogen) atoms. The van der Waals surface area contributed by atoms with Crippen molar-refractivity contribution in [3.8, 4) is 0 Å². The Bertz CT molecular complexity index is 365. The standard InChI is InChI=1S/C11H19N3O2S/c1-9-10(17-8-12-9)6-14(7-11(15)16)5-4-13(2)3/h8H,4-7H2,1-3H3,(H,15,16). The highest BCUT2D eigenvalue weighted by Gasteiger charge is 2.13. The van der Waals surface area contributed by atoms with Gasteiger partial charge in [-0.15, -0.1) is 11.3 Å². The first kappa shape index (κ1) is 14.1.